The van der Waals surface area contributed by atoms with E-state index in [1.54, 1.807) is 19.2 Å². The van der Waals surface area contributed by atoms with Gasteiger partial charge in [0.15, 0.2) is 0 Å². The predicted molar refractivity (Wildman–Crippen MR) is 60.1 cm³/mol. The molecule has 0 aromatic heterocycles. The molecule has 0 bridgehead atoms. The Balaban J connectivity index is 2.80. The summed E-state index contributed by atoms with van der Waals surface area (Å²) in [6.45, 7) is 0.431. The quantitative estimate of drug-likeness (QED) is 0.785. The molecule has 0 aliphatic heterocycles. The first kappa shape index (κ1) is 9.80. The fourth-order valence-electron chi connectivity index (χ4n) is 1.68. The Bertz CT molecular complexity index is 494. The Hall–Kier alpha value is -1.74. The number of phenolic OH excluding ortho intramolecular Hbond substituents is 1. The highest BCUT2D eigenvalue weighted by Crippen LogP contribution is 2.32. The van der Waals surface area contributed by atoms with Gasteiger partial charge in [0.25, 0.3) is 0 Å². The molecule has 2 aromatic rings. The molecule has 0 fully saturated rings. The number of hydrogen-bond donors (Lipinski definition) is 2. The van der Waals surface area contributed by atoms with Gasteiger partial charge in [0.05, 0.1) is 7.11 Å². The molecule has 15 heavy (non-hydrogen) atoms. The van der Waals surface area contributed by atoms with Crippen molar-refractivity contribution < 1.29 is 9.84 Å². The van der Waals surface area contributed by atoms with Crippen LogP contribution in [0, 0.1) is 0 Å². The monoisotopic (exact) mass is 203 g/mol. The van der Waals surface area contributed by atoms with Gasteiger partial charge in [0.1, 0.15) is 11.5 Å². The van der Waals surface area contributed by atoms with Crippen molar-refractivity contribution in [1.82, 2.24) is 0 Å². The molecule has 3 nitrogen and oxygen atoms in total. The van der Waals surface area contributed by atoms with Crippen molar-refractivity contribution in [2.75, 3.05) is 7.11 Å². The van der Waals surface area contributed by atoms with Gasteiger partial charge in [-0.2, -0.15) is 0 Å². The zero-order valence-corrected chi connectivity index (χ0v) is 8.53. The lowest BCUT2D eigenvalue weighted by atomic mass is 10.0. The molecule has 0 atom stereocenters. The minimum atomic E-state index is 0.251. The van der Waals surface area contributed by atoms with E-state index in [4.69, 9.17) is 10.5 Å². The van der Waals surface area contributed by atoms with E-state index in [1.807, 2.05) is 18.2 Å². The van der Waals surface area contributed by atoms with Gasteiger partial charge >= 0.3 is 0 Å². The molecule has 0 heterocycles. The molecule has 0 aliphatic carbocycles. The summed E-state index contributed by atoms with van der Waals surface area (Å²) in [5.41, 5.74) is 6.52. The van der Waals surface area contributed by atoms with Crippen LogP contribution in [-0.4, -0.2) is 12.2 Å². The third-order valence-electron chi connectivity index (χ3n) is 2.45. The number of fused-ring (bicyclic) bond motifs is 1. The molecular weight excluding hydrogens is 190 g/mol. The van der Waals surface area contributed by atoms with Gasteiger partial charge < -0.3 is 15.6 Å². The summed E-state index contributed by atoms with van der Waals surface area (Å²) in [4.78, 5) is 0. The molecule has 0 saturated carbocycles. The first-order valence-corrected chi connectivity index (χ1v) is 4.75. The van der Waals surface area contributed by atoms with Gasteiger partial charge in [-0.1, -0.05) is 12.1 Å². The van der Waals surface area contributed by atoms with E-state index in [9.17, 15) is 5.11 Å². The van der Waals surface area contributed by atoms with Crippen LogP contribution in [0.5, 0.6) is 11.5 Å². The maximum Gasteiger partial charge on any atom is 0.127 e. The Morgan fingerprint density at radius 2 is 2.07 bits per heavy atom. The highest BCUT2D eigenvalue weighted by molar-refractivity contribution is 5.93. The van der Waals surface area contributed by atoms with Crippen LogP contribution in [0.1, 0.15) is 5.56 Å². The first-order valence-electron chi connectivity index (χ1n) is 4.75. The van der Waals surface area contributed by atoms with Crippen molar-refractivity contribution in [3.05, 3.63) is 35.9 Å². The molecular formula is C12H13NO2. The number of aromatic hydroxyl groups is 1. The third-order valence-corrected chi connectivity index (χ3v) is 2.45. The summed E-state index contributed by atoms with van der Waals surface area (Å²) < 4.78 is 5.26. The van der Waals surface area contributed by atoms with Crippen LogP contribution in [0.2, 0.25) is 0 Å². The molecule has 2 aromatic carbocycles. The summed E-state index contributed by atoms with van der Waals surface area (Å²) in [6.07, 6.45) is 0. The number of hydrogen-bond acceptors (Lipinski definition) is 3. The molecule has 3 heteroatoms. The van der Waals surface area contributed by atoms with Crippen LogP contribution in [0.25, 0.3) is 10.8 Å². The normalized spacial score (nSPS) is 10.5. The van der Waals surface area contributed by atoms with Crippen molar-refractivity contribution in [2.45, 2.75) is 6.54 Å². The van der Waals surface area contributed by atoms with Crippen LogP contribution < -0.4 is 10.5 Å². The summed E-state index contributed by atoms with van der Waals surface area (Å²) in [7, 11) is 1.61. The fraction of sp³-hybridized carbons (Fsp3) is 0.167. The first-order chi connectivity index (χ1) is 7.26. The van der Waals surface area contributed by atoms with Gasteiger partial charge in [0.2, 0.25) is 0 Å². The minimum Gasteiger partial charge on any atom is -0.507 e. The van der Waals surface area contributed by atoms with Crippen LogP contribution in [0.3, 0.4) is 0 Å². The standard InChI is InChI=1S/C12H13NO2/c1-15-12-6-8(7-13)5-10-9(12)3-2-4-11(10)14/h2-6,14H,7,13H2,1H3. The zero-order chi connectivity index (χ0) is 10.8. The molecule has 0 unspecified atom stereocenters. The number of phenols is 1. The molecule has 2 rings (SSSR count). The second kappa shape index (κ2) is 3.79. The minimum absolute atomic E-state index is 0.251. The number of benzene rings is 2. The average Bonchev–Trinajstić information content (AvgIpc) is 2.28. The number of ether oxygens (including phenoxy) is 1. The second-order valence-corrected chi connectivity index (χ2v) is 3.37. The van der Waals surface area contributed by atoms with Crippen LogP contribution in [-0.2, 0) is 6.54 Å². The lowest BCUT2D eigenvalue weighted by Gasteiger charge is -2.09. The highest BCUT2D eigenvalue weighted by Gasteiger charge is 2.06. The lowest BCUT2D eigenvalue weighted by Crippen LogP contribution is -1.97. The largest absolute Gasteiger partial charge is 0.507 e. The summed E-state index contributed by atoms with van der Waals surface area (Å²) >= 11 is 0. The summed E-state index contributed by atoms with van der Waals surface area (Å²) in [5.74, 6) is 0.991. The number of nitrogens with two attached hydrogens (primary N) is 1. The van der Waals surface area contributed by atoms with Gasteiger partial charge in [0, 0.05) is 17.3 Å². The summed E-state index contributed by atoms with van der Waals surface area (Å²) in [6, 6.07) is 9.13. The van der Waals surface area contributed by atoms with Gasteiger partial charge in [-0.3, -0.25) is 0 Å². The van der Waals surface area contributed by atoms with Gasteiger partial charge in [-0.05, 0) is 23.8 Å². The van der Waals surface area contributed by atoms with E-state index in [0.29, 0.717) is 6.54 Å². The van der Waals surface area contributed by atoms with Crippen molar-refractivity contribution in [3.8, 4) is 11.5 Å². The third kappa shape index (κ3) is 1.62. The van der Waals surface area contributed by atoms with E-state index >= 15 is 0 Å². The predicted octanol–water partition coefficient (Wildman–Crippen LogP) is 2.01. The molecule has 0 amide bonds. The zero-order valence-electron chi connectivity index (χ0n) is 8.53. The van der Waals surface area contributed by atoms with E-state index in [-0.39, 0.29) is 5.75 Å². The summed E-state index contributed by atoms with van der Waals surface area (Å²) in [5, 5.41) is 11.4. The van der Waals surface area contributed by atoms with Gasteiger partial charge in [-0.15, -0.1) is 0 Å². The van der Waals surface area contributed by atoms with E-state index in [2.05, 4.69) is 0 Å². The van der Waals surface area contributed by atoms with Crippen molar-refractivity contribution in [2.24, 2.45) is 5.73 Å². The topological polar surface area (TPSA) is 55.5 Å². The number of rotatable bonds is 2. The van der Waals surface area contributed by atoms with Crippen molar-refractivity contribution in [1.29, 1.82) is 0 Å². The second-order valence-electron chi connectivity index (χ2n) is 3.37. The molecule has 3 N–H and O–H groups in total. The van der Waals surface area contributed by atoms with Crippen molar-refractivity contribution in [3.63, 3.8) is 0 Å². The van der Waals surface area contributed by atoms with Gasteiger partial charge in [-0.25, -0.2) is 0 Å². The molecule has 0 saturated heterocycles. The Morgan fingerprint density at radius 1 is 1.27 bits per heavy atom. The fourth-order valence-corrected chi connectivity index (χ4v) is 1.68. The SMILES string of the molecule is COc1cc(CN)cc2c(O)cccc12. The highest BCUT2D eigenvalue weighted by atomic mass is 16.5. The Morgan fingerprint density at radius 3 is 2.73 bits per heavy atom. The smallest absolute Gasteiger partial charge is 0.127 e. The van der Waals surface area contributed by atoms with Crippen molar-refractivity contribution >= 4 is 10.8 Å². The number of methoxy groups -OCH3 is 1. The maximum atomic E-state index is 9.71. The van der Waals surface area contributed by atoms with E-state index in [0.717, 1.165) is 22.1 Å². The average molecular weight is 203 g/mol. The molecule has 0 spiro atoms. The maximum absolute atomic E-state index is 9.71. The van der Waals surface area contributed by atoms with E-state index in [1.165, 1.54) is 0 Å². The van der Waals surface area contributed by atoms with Crippen LogP contribution in [0.4, 0.5) is 0 Å². The molecule has 78 valence electrons. The van der Waals surface area contributed by atoms with E-state index < -0.39 is 0 Å². The molecule has 0 radical (unpaired) electrons. The Kier molecular flexibility index (Phi) is 2.47. The Labute approximate surface area is 88.1 Å². The molecule has 0 aliphatic rings. The van der Waals surface area contributed by atoms with Crippen LogP contribution in [0.15, 0.2) is 30.3 Å². The van der Waals surface area contributed by atoms with Crippen LogP contribution >= 0.6 is 0 Å². The lowest BCUT2D eigenvalue weighted by molar-refractivity contribution is 0.419.